The van der Waals surface area contributed by atoms with E-state index in [9.17, 15) is 4.79 Å². The van der Waals surface area contributed by atoms with Gasteiger partial charge in [0.2, 0.25) is 0 Å². The summed E-state index contributed by atoms with van der Waals surface area (Å²) in [7, 11) is 1.65. The SMILES string of the molecule is COc1ccc([C@H]2Nc3ccccc3NC3=C2C(=O)C[C@H](c2ccc(C)cc2)C3)cc1Br. The highest BCUT2D eigenvalue weighted by atomic mass is 79.9. The molecule has 0 bridgehead atoms. The number of carbonyl (C=O) groups excluding carboxylic acids is 1. The Morgan fingerprint density at radius 1 is 0.938 bits per heavy atom. The van der Waals surface area contributed by atoms with Crippen LogP contribution in [0.4, 0.5) is 11.4 Å². The van der Waals surface area contributed by atoms with Crippen LogP contribution in [0.5, 0.6) is 5.75 Å². The Morgan fingerprint density at radius 2 is 1.66 bits per heavy atom. The lowest BCUT2D eigenvalue weighted by molar-refractivity contribution is -0.116. The molecule has 0 unspecified atom stereocenters. The predicted octanol–water partition coefficient (Wildman–Crippen LogP) is 6.75. The minimum Gasteiger partial charge on any atom is -0.496 e. The molecule has 5 rings (SSSR count). The van der Waals surface area contributed by atoms with Crippen LogP contribution in [0.2, 0.25) is 0 Å². The Balaban J connectivity index is 1.60. The van der Waals surface area contributed by atoms with Gasteiger partial charge in [-0.25, -0.2) is 0 Å². The van der Waals surface area contributed by atoms with E-state index in [-0.39, 0.29) is 17.7 Å². The molecule has 2 aliphatic rings. The van der Waals surface area contributed by atoms with Crippen molar-refractivity contribution in [3.05, 3.63) is 99.2 Å². The maximum Gasteiger partial charge on any atom is 0.163 e. The van der Waals surface area contributed by atoms with Crippen molar-refractivity contribution >= 4 is 33.1 Å². The predicted molar refractivity (Wildman–Crippen MR) is 132 cm³/mol. The summed E-state index contributed by atoms with van der Waals surface area (Å²) in [5, 5.41) is 7.23. The number of halogens is 1. The highest BCUT2D eigenvalue weighted by Crippen LogP contribution is 2.45. The van der Waals surface area contributed by atoms with Gasteiger partial charge in [0.25, 0.3) is 0 Å². The number of Topliss-reactive ketones (excluding diaryl/α,β-unsaturated/α-hetero) is 1. The van der Waals surface area contributed by atoms with Gasteiger partial charge < -0.3 is 15.4 Å². The normalized spacial score (nSPS) is 19.9. The zero-order valence-corrected chi connectivity index (χ0v) is 19.7. The Hall–Kier alpha value is -3.05. The van der Waals surface area contributed by atoms with Crippen LogP contribution in [0.25, 0.3) is 0 Å². The first-order chi connectivity index (χ1) is 15.5. The van der Waals surface area contributed by atoms with Crippen LogP contribution in [-0.2, 0) is 4.79 Å². The quantitative estimate of drug-likeness (QED) is 0.428. The molecule has 2 N–H and O–H groups in total. The maximum absolute atomic E-state index is 13.6. The fourth-order valence-corrected chi connectivity index (χ4v) is 5.24. The van der Waals surface area contributed by atoms with Gasteiger partial charge in [0, 0.05) is 17.7 Å². The van der Waals surface area contributed by atoms with E-state index in [0.29, 0.717) is 6.42 Å². The number of hydrogen-bond acceptors (Lipinski definition) is 4. The molecule has 1 heterocycles. The van der Waals surface area contributed by atoms with Crippen LogP contribution >= 0.6 is 15.9 Å². The smallest absolute Gasteiger partial charge is 0.163 e. The van der Waals surface area contributed by atoms with Gasteiger partial charge in [0.05, 0.1) is 29.0 Å². The third-order valence-electron chi connectivity index (χ3n) is 6.37. The van der Waals surface area contributed by atoms with E-state index in [4.69, 9.17) is 4.74 Å². The molecule has 3 aromatic carbocycles. The second-order valence-electron chi connectivity index (χ2n) is 8.47. The number of hydrogen-bond donors (Lipinski definition) is 2. The Kier molecular flexibility index (Phi) is 5.51. The minimum absolute atomic E-state index is 0.169. The molecule has 2 atom stereocenters. The number of nitrogens with one attached hydrogen (secondary N) is 2. The number of ketones is 1. The second kappa shape index (κ2) is 8.47. The van der Waals surface area contributed by atoms with Gasteiger partial charge in [-0.15, -0.1) is 0 Å². The van der Waals surface area contributed by atoms with Crippen molar-refractivity contribution in [2.75, 3.05) is 17.7 Å². The topological polar surface area (TPSA) is 50.4 Å². The molecule has 0 saturated heterocycles. The number of ether oxygens (including phenoxy) is 1. The summed E-state index contributed by atoms with van der Waals surface area (Å²) in [5.74, 6) is 1.12. The van der Waals surface area contributed by atoms with E-state index in [1.807, 2.05) is 36.4 Å². The molecule has 0 amide bonds. The number of benzene rings is 3. The molecule has 0 aromatic heterocycles. The van der Waals surface area contributed by atoms with E-state index in [2.05, 4.69) is 63.8 Å². The zero-order valence-electron chi connectivity index (χ0n) is 18.1. The summed E-state index contributed by atoms with van der Waals surface area (Å²) in [5.41, 5.74) is 7.26. The van der Waals surface area contributed by atoms with E-state index in [1.54, 1.807) is 7.11 Å². The van der Waals surface area contributed by atoms with Crippen molar-refractivity contribution in [1.29, 1.82) is 0 Å². The Morgan fingerprint density at radius 3 is 2.38 bits per heavy atom. The lowest BCUT2D eigenvalue weighted by Gasteiger charge is -2.30. The first-order valence-electron chi connectivity index (χ1n) is 10.8. The molecule has 162 valence electrons. The number of carbonyl (C=O) groups is 1. The lowest BCUT2D eigenvalue weighted by Crippen LogP contribution is -2.26. The van der Waals surface area contributed by atoms with Crippen LogP contribution in [0, 0.1) is 6.92 Å². The first kappa shape index (κ1) is 20.8. The molecule has 4 nitrogen and oxygen atoms in total. The second-order valence-corrected chi connectivity index (χ2v) is 9.33. The monoisotopic (exact) mass is 488 g/mol. The summed E-state index contributed by atoms with van der Waals surface area (Å²) in [6.45, 7) is 2.09. The highest BCUT2D eigenvalue weighted by molar-refractivity contribution is 9.10. The molecule has 0 fully saturated rings. The Bertz CT molecular complexity index is 1220. The van der Waals surface area contributed by atoms with Crippen molar-refractivity contribution in [1.82, 2.24) is 0 Å². The van der Waals surface area contributed by atoms with Crippen LogP contribution in [-0.4, -0.2) is 12.9 Å². The third kappa shape index (κ3) is 3.82. The van der Waals surface area contributed by atoms with E-state index in [0.717, 1.165) is 44.9 Å². The first-order valence-corrected chi connectivity index (χ1v) is 11.6. The number of allylic oxidation sites excluding steroid dienone is 1. The summed E-state index contributed by atoms with van der Waals surface area (Å²) >= 11 is 3.60. The van der Waals surface area contributed by atoms with E-state index in [1.165, 1.54) is 11.1 Å². The fourth-order valence-electron chi connectivity index (χ4n) is 4.68. The van der Waals surface area contributed by atoms with Crippen molar-refractivity contribution in [2.24, 2.45) is 0 Å². The standard InChI is InChI=1S/C27H25BrN2O2/c1-16-7-9-17(10-8-16)19-14-23-26(24(31)15-19)27(18-11-12-25(32-2)20(28)13-18)30-22-6-4-3-5-21(22)29-23/h3-13,19,27,29-30H,14-15H2,1-2H3/t19-,27-/m1/s1. The third-order valence-corrected chi connectivity index (χ3v) is 6.99. The van der Waals surface area contributed by atoms with Crippen molar-refractivity contribution in [3.8, 4) is 5.75 Å². The van der Waals surface area contributed by atoms with Crippen molar-refractivity contribution in [2.45, 2.75) is 31.7 Å². The van der Waals surface area contributed by atoms with Gasteiger partial charge in [-0.05, 0) is 70.6 Å². The number of rotatable bonds is 3. The molecule has 0 saturated carbocycles. The van der Waals surface area contributed by atoms with Crippen molar-refractivity contribution < 1.29 is 9.53 Å². The Labute approximate surface area is 196 Å². The number of fused-ring (bicyclic) bond motifs is 1. The lowest BCUT2D eigenvalue weighted by atomic mass is 9.78. The van der Waals surface area contributed by atoms with Crippen LogP contribution < -0.4 is 15.4 Å². The number of methoxy groups -OCH3 is 1. The van der Waals surface area contributed by atoms with E-state index < -0.39 is 0 Å². The molecule has 1 aliphatic carbocycles. The van der Waals surface area contributed by atoms with Crippen LogP contribution in [0.3, 0.4) is 0 Å². The van der Waals surface area contributed by atoms with Gasteiger partial charge in [-0.3, -0.25) is 4.79 Å². The number of anilines is 2. The average Bonchev–Trinajstić information content (AvgIpc) is 2.96. The van der Waals surface area contributed by atoms with Gasteiger partial charge in [0.1, 0.15) is 5.75 Å². The van der Waals surface area contributed by atoms with Gasteiger partial charge >= 0.3 is 0 Å². The number of aryl methyl sites for hydroxylation is 1. The zero-order chi connectivity index (χ0) is 22.2. The summed E-state index contributed by atoms with van der Waals surface area (Å²) in [6.07, 6.45) is 1.31. The summed E-state index contributed by atoms with van der Waals surface area (Å²) in [6, 6.07) is 22.4. The van der Waals surface area contributed by atoms with Gasteiger partial charge in [-0.1, -0.05) is 48.0 Å². The molecule has 0 radical (unpaired) electrons. The largest absolute Gasteiger partial charge is 0.496 e. The molecular weight excluding hydrogens is 464 g/mol. The maximum atomic E-state index is 13.6. The summed E-state index contributed by atoms with van der Waals surface area (Å²) in [4.78, 5) is 13.6. The highest BCUT2D eigenvalue weighted by Gasteiger charge is 2.36. The van der Waals surface area contributed by atoms with Crippen LogP contribution in [0.15, 0.2) is 82.5 Å². The minimum atomic E-state index is -0.241. The average molecular weight is 489 g/mol. The number of para-hydroxylation sites is 2. The fraction of sp³-hybridized carbons (Fsp3) is 0.222. The molecule has 32 heavy (non-hydrogen) atoms. The van der Waals surface area contributed by atoms with Crippen molar-refractivity contribution in [3.63, 3.8) is 0 Å². The molecular formula is C27H25BrN2O2. The summed E-state index contributed by atoms with van der Waals surface area (Å²) < 4.78 is 6.28. The van der Waals surface area contributed by atoms with Gasteiger partial charge in [0.15, 0.2) is 5.78 Å². The molecule has 1 aliphatic heterocycles. The van der Waals surface area contributed by atoms with E-state index >= 15 is 0 Å². The van der Waals surface area contributed by atoms with Gasteiger partial charge in [-0.2, -0.15) is 0 Å². The molecule has 5 heteroatoms. The molecule has 3 aromatic rings. The van der Waals surface area contributed by atoms with Crippen LogP contribution in [0.1, 0.15) is 41.5 Å². The molecule has 0 spiro atoms.